The van der Waals surface area contributed by atoms with Crippen LogP contribution in [0, 0.1) is 15.5 Å². The van der Waals surface area contributed by atoms with E-state index in [4.69, 9.17) is 37.2 Å². The van der Waals surface area contributed by atoms with Crippen LogP contribution in [0.5, 0.6) is 11.5 Å². The van der Waals surface area contributed by atoms with Crippen molar-refractivity contribution in [2.24, 2.45) is 5.41 Å². The molecule has 0 fully saturated rings. The number of esters is 1. The van der Waals surface area contributed by atoms with E-state index in [0.29, 0.717) is 5.02 Å². The van der Waals surface area contributed by atoms with Crippen molar-refractivity contribution in [2.45, 2.75) is 27.7 Å². The highest BCUT2D eigenvalue weighted by Crippen LogP contribution is 2.48. The third kappa shape index (κ3) is 6.43. The van der Waals surface area contributed by atoms with Crippen LogP contribution in [0.1, 0.15) is 27.7 Å². The van der Waals surface area contributed by atoms with Crippen molar-refractivity contribution in [3.63, 3.8) is 0 Å². The molecule has 0 saturated carbocycles. The number of ether oxygens (including phenoxy) is 2. The number of benzene rings is 2. The lowest BCUT2D eigenvalue weighted by Crippen LogP contribution is -2.24. The van der Waals surface area contributed by atoms with Crippen LogP contribution in [-0.2, 0) is 18.6 Å². The van der Waals surface area contributed by atoms with Gasteiger partial charge in [0.15, 0.2) is 6.79 Å². The van der Waals surface area contributed by atoms with E-state index in [1.54, 1.807) is 33.8 Å². The molecule has 0 aromatic heterocycles. The Hall–Kier alpha value is -2.12. The van der Waals surface area contributed by atoms with Gasteiger partial charge in [0.25, 0.3) is 5.69 Å². The first kappa shape index (κ1) is 25.1. The topological polar surface area (TPSA) is 105 Å². The summed E-state index contributed by atoms with van der Waals surface area (Å²) < 4.78 is 29.5. The van der Waals surface area contributed by atoms with Crippen molar-refractivity contribution in [1.29, 1.82) is 0 Å². The van der Waals surface area contributed by atoms with Crippen molar-refractivity contribution in [3.05, 3.63) is 56.6 Å². The van der Waals surface area contributed by atoms with Gasteiger partial charge in [-0.05, 0) is 45.0 Å². The van der Waals surface area contributed by atoms with Gasteiger partial charge in [-0.25, -0.2) is 0 Å². The van der Waals surface area contributed by atoms with Gasteiger partial charge in [-0.3, -0.25) is 24.0 Å². The molecule has 11 heteroatoms. The number of hydrogen-bond donors (Lipinski definition) is 0. The monoisotopic (exact) mass is 489 g/mol. The standard InChI is InChI=1S/C20H22Cl2NO7P/c1-5-31(27,29-12-28-19(24)20(2,3)4)18-11-14(7-8-16(18)23(25)26)30-17-9-6-13(21)10-15(17)22/h6-11H,5,12H2,1-4H3. The Balaban J connectivity index is 2.36. The highest BCUT2D eigenvalue weighted by atomic mass is 35.5. The molecule has 0 amide bonds. The zero-order valence-corrected chi connectivity index (χ0v) is 19.8. The predicted molar refractivity (Wildman–Crippen MR) is 119 cm³/mol. The van der Waals surface area contributed by atoms with Crippen molar-refractivity contribution in [2.75, 3.05) is 13.0 Å². The van der Waals surface area contributed by atoms with Crippen LogP contribution in [-0.4, -0.2) is 23.8 Å². The molecule has 31 heavy (non-hydrogen) atoms. The van der Waals surface area contributed by atoms with Gasteiger partial charge in [-0.1, -0.05) is 30.1 Å². The van der Waals surface area contributed by atoms with Crippen LogP contribution >= 0.6 is 30.6 Å². The normalized spacial score (nSPS) is 13.4. The molecule has 1 atom stereocenters. The fourth-order valence-electron chi connectivity index (χ4n) is 2.39. The molecule has 0 spiro atoms. The zero-order chi connectivity index (χ0) is 23.4. The molecule has 0 saturated heterocycles. The molecule has 1 unspecified atom stereocenters. The second kappa shape index (κ2) is 10.0. The fourth-order valence-corrected chi connectivity index (χ4v) is 4.55. The molecular formula is C20H22Cl2NO7P. The molecule has 0 radical (unpaired) electrons. The van der Waals surface area contributed by atoms with Crippen molar-refractivity contribution >= 4 is 47.5 Å². The first-order valence-electron chi connectivity index (χ1n) is 9.20. The minimum Gasteiger partial charge on any atom is -0.456 e. The first-order valence-corrected chi connectivity index (χ1v) is 11.8. The Kier molecular flexibility index (Phi) is 8.11. The van der Waals surface area contributed by atoms with Crippen LogP contribution in [0.25, 0.3) is 0 Å². The molecule has 2 rings (SSSR count). The van der Waals surface area contributed by atoms with Crippen molar-refractivity contribution in [1.82, 2.24) is 0 Å². The van der Waals surface area contributed by atoms with Gasteiger partial charge < -0.3 is 9.47 Å². The Morgan fingerprint density at radius 1 is 1.16 bits per heavy atom. The minimum atomic E-state index is -3.76. The van der Waals surface area contributed by atoms with E-state index in [1.165, 1.54) is 30.3 Å². The van der Waals surface area contributed by atoms with Crippen LogP contribution in [0.4, 0.5) is 5.69 Å². The average molecular weight is 490 g/mol. The summed E-state index contributed by atoms with van der Waals surface area (Å²) >= 11 is 12.0. The van der Waals surface area contributed by atoms with E-state index in [0.717, 1.165) is 0 Å². The molecule has 2 aromatic rings. The summed E-state index contributed by atoms with van der Waals surface area (Å²) in [7, 11) is -3.76. The SMILES string of the molecule is CCP(=O)(OCOC(=O)C(C)(C)C)c1cc(Oc2ccc(Cl)cc2Cl)ccc1[N+](=O)[O-]. The highest BCUT2D eigenvalue weighted by molar-refractivity contribution is 7.67. The molecule has 8 nitrogen and oxygen atoms in total. The summed E-state index contributed by atoms with van der Waals surface area (Å²) in [6, 6.07) is 8.37. The molecule has 0 aliphatic carbocycles. The van der Waals surface area contributed by atoms with Gasteiger partial charge >= 0.3 is 5.97 Å². The van der Waals surface area contributed by atoms with E-state index in [1.807, 2.05) is 0 Å². The number of rotatable bonds is 8. The number of nitrogens with zero attached hydrogens (tertiary/aromatic N) is 1. The van der Waals surface area contributed by atoms with E-state index in [2.05, 4.69) is 0 Å². The van der Waals surface area contributed by atoms with Crippen molar-refractivity contribution < 1.29 is 28.3 Å². The largest absolute Gasteiger partial charge is 0.456 e. The number of hydrogen-bond acceptors (Lipinski definition) is 7. The third-order valence-electron chi connectivity index (χ3n) is 4.11. The summed E-state index contributed by atoms with van der Waals surface area (Å²) in [6.07, 6.45) is -0.0634. The highest BCUT2D eigenvalue weighted by Gasteiger charge is 2.34. The second-order valence-corrected chi connectivity index (χ2v) is 11.1. The van der Waals surface area contributed by atoms with Gasteiger partial charge in [0, 0.05) is 23.3 Å². The van der Waals surface area contributed by atoms with Crippen LogP contribution < -0.4 is 10.0 Å². The molecule has 0 N–H and O–H groups in total. The van der Waals surface area contributed by atoms with Gasteiger partial charge in [-0.2, -0.15) is 0 Å². The van der Waals surface area contributed by atoms with E-state index >= 15 is 0 Å². The van der Waals surface area contributed by atoms with Crippen LogP contribution in [0.3, 0.4) is 0 Å². The molecule has 0 bridgehead atoms. The summed E-state index contributed by atoms with van der Waals surface area (Å²) in [5.41, 5.74) is -1.18. The molecule has 0 aliphatic rings. The van der Waals surface area contributed by atoms with Gasteiger partial charge in [0.2, 0.25) is 7.37 Å². The first-order chi connectivity index (χ1) is 14.4. The van der Waals surface area contributed by atoms with E-state index < -0.39 is 36.2 Å². The predicted octanol–water partition coefficient (Wildman–Crippen LogP) is 6.18. The van der Waals surface area contributed by atoms with Gasteiger partial charge in [0.1, 0.15) is 16.8 Å². The number of nitro benzene ring substituents is 1. The Bertz CT molecular complexity index is 1040. The molecule has 2 aromatic carbocycles. The summed E-state index contributed by atoms with van der Waals surface area (Å²) in [5.74, 6) is -0.134. The summed E-state index contributed by atoms with van der Waals surface area (Å²) in [5, 5.41) is 12.0. The maximum Gasteiger partial charge on any atom is 0.313 e. The second-order valence-electron chi connectivity index (χ2n) is 7.50. The van der Waals surface area contributed by atoms with Crippen LogP contribution in [0.15, 0.2) is 36.4 Å². The molecular weight excluding hydrogens is 468 g/mol. The molecule has 168 valence electrons. The third-order valence-corrected chi connectivity index (χ3v) is 7.09. The smallest absolute Gasteiger partial charge is 0.313 e. The van der Waals surface area contributed by atoms with E-state index in [9.17, 15) is 19.5 Å². The lowest BCUT2D eigenvalue weighted by Gasteiger charge is -2.20. The number of nitro groups is 1. The Morgan fingerprint density at radius 3 is 2.39 bits per heavy atom. The summed E-state index contributed by atoms with van der Waals surface area (Å²) in [6.45, 7) is 5.92. The quantitative estimate of drug-likeness (QED) is 0.143. The average Bonchev–Trinajstić information content (AvgIpc) is 2.69. The molecule has 0 aliphatic heterocycles. The number of carbonyl (C=O) groups excluding carboxylic acids is 1. The minimum absolute atomic E-state index is 0.0634. The maximum absolute atomic E-state index is 13.4. The van der Waals surface area contributed by atoms with Crippen LogP contribution in [0.2, 0.25) is 10.0 Å². The maximum atomic E-state index is 13.4. The lowest BCUT2D eigenvalue weighted by atomic mass is 9.98. The van der Waals surface area contributed by atoms with Crippen molar-refractivity contribution in [3.8, 4) is 11.5 Å². The zero-order valence-electron chi connectivity index (χ0n) is 17.4. The Labute approximate surface area is 190 Å². The number of carbonyl (C=O) groups is 1. The van der Waals surface area contributed by atoms with Gasteiger partial charge in [-0.15, -0.1) is 0 Å². The summed E-state index contributed by atoms with van der Waals surface area (Å²) in [4.78, 5) is 22.8. The Morgan fingerprint density at radius 2 is 1.84 bits per heavy atom. The number of halogens is 2. The lowest BCUT2D eigenvalue weighted by molar-refractivity contribution is -0.383. The fraction of sp³-hybridized carbons (Fsp3) is 0.350. The van der Waals surface area contributed by atoms with E-state index in [-0.39, 0.29) is 28.0 Å². The molecule has 0 heterocycles. The van der Waals surface area contributed by atoms with Gasteiger partial charge in [0.05, 0.1) is 15.4 Å².